The van der Waals surface area contributed by atoms with E-state index in [2.05, 4.69) is 47.9 Å². The molecule has 0 saturated carbocycles. The lowest BCUT2D eigenvalue weighted by molar-refractivity contribution is 0.440. The van der Waals surface area contributed by atoms with Crippen LogP contribution in [0.15, 0.2) is 24.3 Å². The van der Waals surface area contributed by atoms with Crippen molar-refractivity contribution in [3.8, 4) is 19.8 Å². The van der Waals surface area contributed by atoms with Gasteiger partial charge in [0, 0.05) is 26.2 Å². The number of hydrogen-bond acceptors (Lipinski definition) is 8. The first-order chi connectivity index (χ1) is 15.6. The zero-order valence-corrected chi connectivity index (χ0v) is 21.8. The van der Waals surface area contributed by atoms with Crippen LogP contribution in [0.5, 0.6) is 0 Å². The van der Waals surface area contributed by atoms with E-state index in [9.17, 15) is 0 Å². The summed E-state index contributed by atoms with van der Waals surface area (Å²) in [5.74, 6) is 1.72. The van der Waals surface area contributed by atoms with Crippen LogP contribution >= 0.6 is 45.3 Å². The van der Waals surface area contributed by atoms with Gasteiger partial charge in [-0.3, -0.25) is 0 Å². The zero-order valence-electron chi connectivity index (χ0n) is 18.5. The number of anilines is 2. The van der Waals surface area contributed by atoms with E-state index in [1.165, 1.54) is 71.6 Å². The van der Waals surface area contributed by atoms with Crippen LogP contribution < -0.4 is 9.80 Å². The summed E-state index contributed by atoms with van der Waals surface area (Å²) in [7, 11) is 0. The lowest BCUT2D eigenvalue weighted by Crippen LogP contribution is -2.31. The Balaban J connectivity index is 1.19. The minimum Gasteiger partial charge on any atom is -0.363 e. The average Bonchev–Trinajstić information content (AvgIpc) is 3.56. The van der Waals surface area contributed by atoms with Crippen LogP contribution in [0.2, 0.25) is 0 Å². The van der Waals surface area contributed by atoms with Crippen LogP contribution in [0, 0.1) is 11.8 Å². The smallest absolute Gasteiger partial charge is 0.155 e. The monoisotopic (exact) mass is 500 g/mol. The summed E-state index contributed by atoms with van der Waals surface area (Å²) in [6, 6.07) is 9.04. The molecule has 0 bridgehead atoms. The van der Waals surface area contributed by atoms with Gasteiger partial charge in [0.2, 0.25) is 0 Å². The van der Waals surface area contributed by atoms with Gasteiger partial charge in [0.1, 0.15) is 10.0 Å². The molecule has 2 aliphatic heterocycles. The van der Waals surface area contributed by atoms with E-state index in [-0.39, 0.29) is 0 Å². The van der Waals surface area contributed by atoms with E-state index in [0.29, 0.717) is 0 Å². The first-order valence-electron chi connectivity index (χ1n) is 11.6. The van der Waals surface area contributed by atoms with Crippen molar-refractivity contribution in [2.45, 2.75) is 39.5 Å². The normalized spacial score (nSPS) is 18.8. The molecular formula is C24H28N4S4. The molecule has 2 aliphatic rings. The molecule has 0 atom stereocenters. The van der Waals surface area contributed by atoms with Gasteiger partial charge < -0.3 is 9.80 Å². The van der Waals surface area contributed by atoms with Crippen LogP contribution in [-0.2, 0) is 0 Å². The number of fused-ring (bicyclic) bond motifs is 1. The van der Waals surface area contributed by atoms with Crippen LogP contribution in [0.25, 0.3) is 29.4 Å². The van der Waals surface area contributed by atoms with Gasteiger partial charge in [-0.25, -0.2) is 9.97 Å². The van der Waals surface area contributed by atoms with E-state index in [0.717, 1.165) is 31.5 Å². The topological polar surface area (TPSA) is 32.3 Å². The lowest BCUT2D eigenvalue weighted by atomic mass is 10.00. The van der Waals surface area contributed by atoms with Crippen molar-refractivity contribution in [3.63, 3.8) is 0 Å². The van der Waals surface area contributed by atoms with Crippen molar-refractivity contribution in [1.82, 2.24) is 9.97 Å². The molecule has 0 amide bonds. The lowest BCUT2D eigenvalue weighted by Gasteiger charge is -2.30. The van der Waals surface area contributed by atoms with Crippen molar-refractivity contribution in [3.05, 3.63) is 24.3 Å². The quantitative estimate of drug-likeness (QED) is 0.288. The molecule has 0 unspecified atom stereocenters. The Hall–Kier alpha value is -1.48. The first kappa shape index (κ1) is 21.1. The van der Waals surface area contributed by atoms with Crippen molar-refractivity contribution in [2.24, 2.45) is 11.8 Å². The number of nitrogens with zero attached hydrogens (tertiary/aromatic N) is 4. The Kier molecular flexibility index (Phi) is 5.73. The minimum absolute atomic E-state index is 0.861. The van der Waals surface area contributed by atoms with Gasteiger partial charge in [-0.15, -0.1) is 22.7 Å². The second-order valence-corrected chi connectivity index (χ2v) is 13.3. The van der Waals surface area contributed by atoms with Crippen molar-refractivity contribution >= 4 is 65.0 Å². The van der Waals surface area contributed by atoms with Crippen molar-refractivity contribution in [1.29, 1.82) is 0 Å². The standard InChI is InChI=1S/C24H28N4S4/c1-15-7-11-27(12-8-15)19-5-3-17(29-19)21-25-23-24(31-21)26-22(32-23)18-4-6-20(30-18)28-13-9-16(2)10-14-28/h3-6,15-16H,7-14H2,1-2H3. The number of rotatable bonds is 4. The molecule has 0 N–H and O–H groups in total. The summed E-state index contributed by atoms with van der Waals surface area (Å²) in [6.45, 7) is 9.45. The largest absolute Gasteiger partial charge is 0.363 e. The molecule has 32 heavy (non-hydrogen) atoms. The van der Waals surface area contributed by atoms with Gasteiger partial charge >= 0.3 is 0 Å². The van der Waals surface area contributed by atoms with Gasteiger partial charge in [-0.1, -0.05) is 36.5 Å². The SMILES string of the molecule is CC1CCN(c2ccc(-c3nc4sc(-c5ccc(N6CCC(C)CC6)s5)nc4s3)s2)CC1. The molecule has 6 heterocycles. The van der Waals surface area contributed by atoms with Gasteiger partial charge in [0.05, 0.1) is 19.8 Å². The van der Waals surface area contributed by atoms with Crippen LogP contribution in [0.4, 0.5) is 10.0 Å². The Morgan fingerprint density at radius 2 is 1.03 bits per heavy atom. The van der Waals surface area contributed by atoms with E-state index in [1.54, 1.807) is 22.7 Å². The summed E-state index contributed by atoms with van der Waals surface area (Å²) < 4.78 is 0. The Labute approximate surface area is 205 Å². The third-order valence-electron chi connectivity index (χ3n) is 6.77. The molecule has 0 aliphatic carbocycles. The predicted molar refractivity (Wildman–Crippen MR) is 143 cm³/mol. The summed E-state index contributed by atoms with van der Waals surface area (Å²) >= 11 is 7.23. The molecule has 0 spiro atoms. The van der Waals surface area contributed by atoms with Crippen LogP contribution in [0.1, 0.15) is 39.5 Å². The zero-order chi connectivity index (χ0) is 21.7. The molecule has 2 saturated heterocycles. The number of hydrogen-bond donors (Lipinski definition) is 0. The van der Waals surface area contributed by atoms with Crippen molar-refractivity contribution < 1.29 is 0 Å². The van der Waals surface area contributed by atoms with E-state index < -0.39 is 0 Å². The molecule has 4 aromatic rings. The maximum absolute atomic E-state index is 4.97. The summed E-state index contributed by atoms with van der Waals surface area (Å²) in [6.07, 6.45) is 5.20. The fourth-order valence-corrected chi connectivity index (χ4v) is 8.80. The number of thiazole rings is 2. The Morgan fingerprint density at radius 1 is 0.625 bits per heavy atom. The number of aromatic nitrogens is 2. The van der Waals surface area contributed by atoms with Gasteiger partial charge in [0.25, 0.3) is 0 Å². The second kappa shape index (κ2) is 8.70. The number of piperidine rings is 2. The summed E-state index contributed by atoms with van der Waals surface area (Å²) in [4.78, 5) is 19.7. The van der Waals surface area contributed by atoms with E-state index in [4.69, 9.17) is 9.97 Å². The second-order valence-electron chi connectivity index (χ2n) is 9.26. The summed E-state index contributed by atoms with van der Waals surface area (Å²) in [5.41, 5.74) is 0. The first-order valence-corrected chi connectivity index (χ1v) is 14.9. The molecule has 0 aromatic carbocycles. The third-order valence-corrected chi connectivity index (χ3v) is 11.4. The minimum atomic E-state index is 0.861. The fourth-order valence-electron chi connectivity index (χ4n) is 4.54. The average molecular weight is 501 g/mol. The van der Waals surface area contributed by atoms with E-state index >= 15 is 0 Å². The van der Waals surface area contributed by atoms with Gasteiger partial charge in [0.15, 0.2) is 9.66 Å². The van der Waals surface area contributed by atoms with Crippen LogP contribution in [0.3, 0.4) is 0 Å². The maximum atomic E-state index is 4.97. The molecular weight excluding hydrogens is 473 g/mol. The highest BCUT2D eigenvalue weighted by atomic mass is 32.1. The fraction of sp³-hybridized carbons (Fsp3) is 0.500. The molecule has 0 radical (unpaired) electrons. The highest BCUT2D eigenvalue weighted by Gasteiger charge is 2.21. The predicted octanol–water partition coefficient (Wildman–Crippen LogP) is 7.68. The molecule has 8 heteroatoms. The van der Waals surface area contributed by atoms with Crippen molar-refractivity contribution in [2.75, 3.05) is 36.0 Å². The Morgan fingerprint density at radius 3 is 1.44 bits per heavy atom. The van der Waals surface area contributed by atoms with Crippen LogP contribution in [-0.4, -0.2) is 36.1 Å². The number of thiophene rings is 2. The molecule has 2 fully saturated rings. The highest BCUT2D eigenvalue weighted by molar-refractivity contribution is 7.32. The molecule has 168 valence electrons. The van der Waals surface area contributed by atoms with Gasteiger partial charge in [-0.2, -0.15) is 0 Å². The van der Waals surface area contributed by atoms with E-state index in [1.807, 2.05) is 22.7 Å². The van der Waals surface area contributed by atoms with Gasteiger partial charge in [-0.05, 0) is 61.8 Å². The molecule has 6 rings (SSSR count). The molecule has 4 aromatic heterocycles. The maximum Gasteiger partial charge on any atom is 0.155 e. The highest BCUT2D eigenvalue weighted by Crippen LogP contribution is 2.43. The third kappa shape index (κ3) is 4.11. The summed E-state index contributed by atoms with van der Waals surface area (Å²) in [5, 5.41) is 5.00. The Bertz CT molecular complexity index is 1080. The molecule has 4 nitrogen and oxygen atoms in total.